The van der Waals surface area contributed by atoms with Crippen molar-refractivity contribution in [3.8, 4) is 22.3 Å². The number of aromatic nitrogens is 2. The van der Waals surface area contributed by atoms with Crippen LogP contribution in [0.3, 0.4) is 0 Å². The average Bonchev–Trinajstić information content (AvgIpc) is 3.53. The number of pyridine rings is 1. The Morgan fingerprint density at radius 1 is 0.645 bits per heavy atom. The summed E-state index contributed by atoms with van der Waals surface area (Å²) in [6, 6.07) is 26.7. The van der Waals surface area contributed by atoms with Crippen LogP contribution in [0.5, 0.6) is 0 Å². The summed E-state index contributed by atoms with van der Waals surface area (Å²) < 4.78 is 2.27. The molecule has 4 aromatic carbocycles. The smallest absolute Gasteiger partial charge is 0.145 e. The van der Waals surface area contributed by atoms with Gasteiger partial charge in [-0.15, -0.1) is 0 Å². The molecule has 2 heterocycles. The first-order valence-electron chi connectivity index (χ1n) is 10.9. The third-order valence-electron chi connectivity index (χ3n) is 7.32. The second kappa shape index (κ2) is 5.41. The molecule has 0 saturated carbocycles. The van der Waals surface area contributed by atoms with Gasteiger partial charge in [0, 0.05) is 28.6 Å². The Morgan fingerprint density at radius 2 is 1.26 bits per heavy atom. The molecular weight excluding hydrogens is 376 g/mol. The average molecular weight is 394 g/mol. The van der Waals surface area contributed by atoms with Crippen LogP contribution >= 0.6 is 0 Å². The van der Waals surface area contributed by atoms with Gasteiger partial charge in [-0.1, -0.05) is 66.7 Å². The first-order chi connectivity index (χ1) is 15.4. The first-order valence-corrected chi connectivity index (χ1v) is 10.9. The van der Waals surface area contributed by atoms with Crippen LogP contribution in [0.25, 0.3) is 49.6 Å². The molecule has 144 valence electrons. The van der Waals surface area contributed by atoms with Crippen molar-refractivity contribution in [3.63, 3.8) is 0 Å². The summed E-state index contributed by atoms with van der Waals surface area (Å²) in [6.07, 6.45) is 6.07. The van der Waals surface area contributed by atoms with Gasteiger partial charge in [0.25, 0.3) is 0 Å². The molecule has 0 spiro atoms. The highest BCUT2D eigenvalue weighted by atomic mass is 15.0. The van der Waals surface area contributed by atoms with Crippen LogP contribution in [0.2, 0.25) is 0 Å². The number of benzene rings is 4. The van der Waals surface area contributed by atoms with Crippen molar-refractivity contribution in [2.45, 2.75) is 12.8 Å². The van der Waals surface area contributed by atoms with Crippen molar-refractivity contribution in [1.82, 2.24) is 9.38 Å². The van der Waals surface area contributed by atoms with E-state index in [2.05, 4.69) is 83.4 Å². The third kappa shape index (κ3) is 1.82. The van der Waals surface area contributed by atoms with E-state index in [1.165, 1.54) is 66.2 Å². The van der Waals surface area contributed by atoms with Gasteiger partial charge in [0.2, 0.25) is 0 Å². The van der Waals surface area contributed by atoms with E-state index in [4.69, 9.17) is 4.98 Å². The summed E-state index contributed by atoms with van der Waals surface area (Å²) in [5.74, 6) is 0. The molecular formula is C29H18N2. The fourth-order valence-electron chi connectivity index (χ4n) is 6.13. The van der Waals surface area contributed by atoms with Crippen molar-refractivity contribution < 1.29 is 0 Å². The maximum Gasteiger partial charge on any atom is 0.145 e. The van der Waals surface area contributed by atoms with Crippen LogP contribution in [0.4, 0.5) is 0 Å². The summed E-state index contributed by atoms with van der Waals surface area (Å²) in [6.45, 7) is 0. The van der Waals surface area contributed by atoms with E-state index in [0.29, 0.717) is 0 Å². The predicted octanol–water partition coefficient (Wildman–Crippen LogP) is 6.78. The van der Waals surface area contributed by atoms with E-state index in [9.17, 15) is 0 Å². The SMILES string of the molecule is c1ccc2c(c1)Cc1c3c(c4c(c1-2)c1ccccc1n1ccnc41)-c1ccccc1C3. The van der Waals surface area contributed by atoms with Gasteiger partial charge >= 0.3 is 0 Å². The van der Waals surface area contributed by atoms with E-state index in [1.54, 1.807) is 0 Å². The van der Waals surface area contributed by atoms with E-state index < -0.39 is 0 Å². The molecule has 0 N–H and O–H groups in total. The highest BCUT2D eigenvalue weighted by Crippen LogP contribution is 2.53. The van der Waals surface area contributed by atoms with Crippen LogP contribution in [0, 0.1) is 0 Å². The number of nitrogens with zero attached hydrogens (tertiary/aromatic N) is 2. The highest BCUT2D eigenvalue weighted by molar-refractivity contribution is 6.24. The molecule has 2 heteroatoms. The molecule has 2 aliphatic rings. The Kier molecular flexibility index (Phi) is 2.77. The zero-order valence-corrected chi connectivity index (χ0v) is 16.9. The van der Waals surface area contributed by atoms with Gasteiger partial charge in [-0.25, -0.2) is 4.98 Å². The second-order valence-corrected chi connectivity index (χ2v) is 8.76. The molecule has 0 fully saturated rings. The quantitative estimate of drug-likeness (QED) is 0.259. The van der Waals surface area contributed by atoms with E-state index in [-0.39, 0.29) is 0 Å². The molecule has 0 amide bonds. The lowest BCUT2D eigenvalue weighted by molar-refractivity contribution is 1.17. The topological polar surface area (TPSA) is 17.3 Å². The van der Waals surface area contributed by atoms with Gasteiger partial charge in [-0.05, 0) is 63.4 Å². The van der Waals surface area contributed by atoms with Gasteiger partial charge in [-0.3, -0.25) is 4.40 Å². The third-order valence-corrected chi connectivity index (χ3v) is 7.32. The first kappa shape index (κ1) is 15.9. The zero-order chi connectivity index (χ0) is 20.1. The maximum absolute atomic E-state index is 4.89. The van der Waals surface area contributed by atoms with Gasteiger partial charge < -0.3 is 0 Å². The van der Waals surface area contributed by atoms with Crippen molar-refractivity contribution in [2.24, 2.45) is 0 Å². The lowest BCUT2D eigenvalue weighted by atomic mass is 9.87. The fourth-order valence-corrected chi connectivity index (χ4v) is 6.13. The van der Waals surface area contributed by atoms with E-state index >= 15 is 0 Å². The number of para-hydroxylation sites is 1. The van der Waals surface area contributed by atoms with Crippen molar-refractivity contribution in [1.29, 1.82) is 0 Å². The van der Waals surface area contributed by atoms with E-state index in [0.717, 1.165) is 18.5 Å². The van der Waals surface area contributed by atoms with Crippen LogP contribution in [0.15, 0.2) is 85.2 Å². The monoisotopic (exact) mass is 394 g/mol. The van der Waals surface area contributed by atoms with Crippen LogP contribution < -0.4 is 0 Å². The standard InChI is InChI=1S/C29H18N2/c1-3-9-19-17(7-1)15-22-23-16-18-8-2-4-10-20(18)26(23)28-27(25(19)22)21-11-5-6-12-24(21)31-14-13-30-29(28)31/h1-14H,15-16H2. The maximum atomic E-state index is 4.89. The van der Waals surface area contributed by atoms with Crippen LogP contribution in [0.1, 0.15) is 22.3 Å². The molecule has 31 heavy (non-hydrogen) atoms. The largest absolute Gasteiger partial charge is 0.299 e. The molecule has 0 unspecified atom stereocenters. The van der Waals surface area contributed by atoms with Crippen LogP contribution in [-0.4, -0.2) is 9.38 Å². The fraction of sp³-hybridized carbons (Fsp3) is 0.0690. The summed E-state index contributed by atoms with van der Waals surface area (Å²) in [5.41, 5.74) is 13.8. The molecule has 0 aliphatic heterocycles. The minimum atomic E-state index is 1.01. The van der Waals surface area contributed by atoms with Crippen LogP contribution in [-0.2, 0) is 12.8 Å². The number of hydrogen-bond donors (Lipinski definition) is 0. The minimum Gasteiger partial charge on any atom is -0.299 e. The summed E-state index contributed by atoms with van der Waals surface area (Å²) in [5, 5.41) is 3.98. The van der Waals surface area contributed by atoms with Gasteiger partial charge in [-0.2, -0.15) is 0 Å². The Bertz CT molecular complexity index is 1740. The number of imidazole rings is 1. The molecule has 0 saturated heterocycles. The summed E-state index contributed by atoms with van der Waals surface area (Å²) in [4.78, 5) is 4.89. The Hall–Kier alpha value is -3.91. The summed E-state index contributed by atoms with van der Waals surface area (Å²) in [7, 11) is 0. The highest BCUT2D eigenvalue weighted by Gasteiger charge is 2.33. The Morgan fingerprint density at radius 3 is 2.00 bits per heavy atom. The van der Waals surface area contributed by atoms with Gasteiger partial charge in [0.15, 0.2) is 0 Å². The molecule has 2 nitrogen and oxygen atoms in total. The second-order valence-electron chi connectivity index (χ2n) is 8.76. The number of fused-ring (bicyclic) bond motifs is 15. The molecule has 2 aromatic heterocycles. The lowest BCUT2D eigenvalue weighted by Crippen LogP contribution is -1.98. The lowest BCUT2D eigenvalue weighted by Gasteiger charge is -2.18. The number of rotatable bonds is 0. The molecule has 2 aliphatic carbocycles. The zero-order valence-electron chi connectivity index (χ0n) is 16.9. The number of hydrogen-bond acceptors (Lipinski definition) is 1. The molecule has 6 aromatic rings. The normalized spacial score (nSPS) is 13.5. The van der Waals surface area contributed by atoms with Crippen molar-refractivity contribution in [2.75, 3.05) is 0 Å². The minimum absolute atomic E-state index is 1.01. The Labute approximate surface area is 179 Å². The van der Waals surface area contributed by atoms with Crippen molar-refractivity contribution in [3.05, 3.63) is 107 Å². The predicted molar refractivity (Wildman–Crippen MR) is 127 cm³/mol. The molecule has 8 rings (SSSR count). The van der Waals surface area contributed by atoms with Gasteiger partial charge in [0.05, 0.1) is 5.52 Å². The molecule has 0 bridgehead atoms. The van der Waals surface area contributed by atoms with Gasteiger partial charge in [0.1, 0.15) is 5.65 Å². The summed E-state index contributed by atoms with van der Waals surface area (Å²) >= 11 is 0. The molecule has 0 radical (unpaired) electrons. The van der Waals surface area contributed by atoms with Crippen molar-refractivity contribution >= 4 is 27.3 Å². The van der Waals surface area contributed by atoms with E-state index in [1.807, 2.05) is 6.20 Å². The molecule has 0 atom stereocenters. The Balaban J connectivity index is 1.73.